The van der Waals surface area contributed by atoms with Crippen molar-refractivity contribution in [1.29, 1.82) is 5.26 Å². The molecule has 0 aliphatic carbocycles. The van der Waals surface area contributed by atoms with E-state index in [-0.39, 0.29) is 21.8 Å². The Morgan fingerprint density at radius 1 is 1.45 bits per heavy atom. The summed E-state index contributed by atoms with van der Waals surface area (Å²) in [7, 11) is -1.49. The highest BCUT2D eigenvalue weighted by Crippen LogP contribution is 2.32. The summed E-state index contributed by atoms with van der Waals surface area (Å²) in [6.45, 7) is -3.10. The van der Waals surface area contributed by atoms with Crippen molar-refractivity contribution in [2.45, 2.75) is 6.61 Å². The number of hydrogen-bond acceptors (Lipinski definition) is 5. The van der Waals surface area contributed by atoms with Gasteiger partial charge in [0.25, 0.3) is 0 Å². The predicted octanol–water partition coefficient (Wildman–Crippen LogP) is 1.82. The van der Waals surface area contributed by atoms with Crippen molar-refractivity contribution in [3.63, 3.8) is 0 Å². The van der Waals surface area contributed by atoms with Crippen molar-refractivity contribution in [2.75, 3.05) is 14.1 Å². The van der Waals surface area contributed by atoms with Gasteiger partial charge in [-0.1, -0.05) is 11.6 Å². The Bertz CT molecular complexity index is 874. The van der Waals surface area contributed by atoms with Crippen LogP contribution in [-0.2, 0) is 10.2 Å². The Morgan fingerprint density at radius 2 is 2.09 bits per heavy atom. The summed E-state index contributed by atoms with van der Waals surface area (Å²) in [5.41, 5.74) is -0.0288. The summed E-state index contributed by atoms with van der Waals surface area (Å²) in [5.74, 6) is -0.783. The molecule has 7 nitrogen and oxygen atoms in total. The smallest absolute Gasteiger partial charge is 0.387 e. The van der Waals surface area contributed by atoms with E-state index < -0.39 is 22.6 Å². The fourth-order valence-electron chi connectivity index (χ4n) is 1.71. The standard InChI is InChI=1S/C11H9ClF2N4O3S/c1-17(2)22(19,20)18-8-3-6(12)9(21-11(13)14)4-7(8)16-10(18)5-15/h3-4,11H,1-2H3. The predicted molar refractivity (Wildman–Crippen MR) is 74.1 cm³/mol. The number of benzene rings is 1. The molecule has 0 aliphatic rings. The van der Waals surface area contributed by atoms with Crippen LogP contribution in [0.2, 0.25) is 5.02 Å². The zero-order valence-electron chi connectivity index (χ0n) is 11.3. The molecule has 1 heterocycles. The lowest BCUT2D eigenvalue weighted by Gasteiger charge is -2.13. The van der Waals surface area contributed by atoms with Gasteiger partial charge in [0.2, 0.25) is 5.82 Å². The molecule has 0 amide bonds. The fourth-order valence-corrected chi connectivity index (χ4v) is 2.94. The largest absolute Gasteiger partial charge is 0.433 e. The number of rotatable bonds is 4. The molecule has 2 aromatic rings. The maximum atomic E-state index is 12.3. The van der Waals surface area contributed by atoms with Gasteiger partial charge in [-0.15, -0.1) is 0 Å². The van der Waals surface area contributed by atoms with Gasteiger partial charge in [-0.3, -0.25) is 0 Å². The van der Waals surface area contributed by atoms with Crippen LogP contribution < -0.4 is 4.74 Å². The summed E-state index contributed by atoms with van der Waals surface area (Å²) < 4.78 is 54.9. The highest BCUT2D eigenvalue weighted by molar-refractivity contribution is 7.87. The Balaban J connectivity index is 2.79. The van der Waals surface area contributed by atoms with E-state index in [1.807, 2.05) is 0 Å². The topological polar surface area (TPSA) is 88.2 Å². The molecule has 118 valence electrons. The number of fused-ring (bicyclic) bond motifs is 1. The number of nitrogens with zero attached hydrogens (tertiary/aromatic N) is 4. The monoisotopic (exact) mass is 350 g/mol. The third kappa shape index (κ3) is 2.70. The maximum Gasteiger partial charge on any atom is 0.387 e. The third-order valence-corrected chi connectivity index (χ3v) is 4.72. The van der Waals surface area contributed by atoms with Gasteiger partial charge in [0, 0.05) is 20.2 Å². The fraction of sp³-hybridized carbons (Fsp3) is 0.273. The van der Waals surface area contributed by atoms with E-state index in [1.54, 1.807) is 6.07 Å². The summed E-state index contributed by atoms with van der Waals surface area (Å²) in [6, 6.07) is 3.79. The van der Waals surface area contributed by atoms with Gasteiger partial charge in [0.05, 0.1) is 16.1 Å². The zero-order chi connectivity index (χ0) is 16.7. The SMILES string of the molecule is CN(C)S(=O)(=O)n1c(C#N)nc2cc(OC(F)F)c(Cl)cc21. The second-order valence-electron chi connectivity index (χ2n) is 4.25. The number of ether oxygens (including phenoxy) is 1. The van der Waals surface area contributed by atoms with Gasteiger partial charge in [-0.2, -0.15) is 30.7 Å². The van der Waals surface area contributed by atoms with Crippen molar-refractivity contribution in [2.24, 2.45) is 0 Å². The molecule has 11 heteroatoms. The number of aromatic nitrogens is 2. The molecule has 1 aromatic carbocycles. The molecular weight excluding hydrogens is 342 g/mol. The first kappa shape index (κ1) is 16.4. The number of alkyl halides is 2. The normalized spacial score (nSPS) is 12.1. The van der Waals surface area contributed by atoms with Crippen LogP contribution in [0.3, 0.4) is 0 Å². The highest BCUT2D eigenvalue weighted by atomic mass is 35.5. The van der Waals surface area contributed by atoms with Crippen molar-refractivity contribution >= 4 is 32.8 Å². The lowest BCUT2D eigenvalue weighted by Crippen LogP contribution is -2.29. The lowest BCUT2D eigenvalue weighted by atomic mass is 10.3. The van der Waals surface area contributed by atoms with Gasteiger partial charge >= 0.3 is 16.8 Å². The first-order valence-electron chi connectivity index (χ1n) is 5.68. The molecule has 0 saturated heterocycles. The van der Waals surface area contributed by atoms with Crippen LogP contribution in [-0.4, -0.2) is 42.4 Å². The zero-order valence-corrected chi connectivity index (χ0v) is 12.9. The van der Waals surface area contributed by atoms with E-state index >= 15 is 0 Å². The summed E-state index contributed by atoms with van der Waals surface area (Å²) in [6.07, 6.45) is 0. The molecule has 22 heavy (non-hydrogen) atoms. The molecule has 0 N–H and O–H groups in total. The van der Waals surface area contributed by atoms with Gasteiger partial charge in [0.1, 0.15) is 11.8 Å². The summed E-state index contributed by atoms with van der Waals surface area (Å²) in [4.78, 5) is 3.80. The van der Waals surface area contributed by atoms with Crippen LogP contribution in [0, 0.1) is 11.3 Å². The Morgan fingerprint density at radius 3 is 2.59 bits per heavy atom. The van der Waals surface area contributed by atoms with E-state index in [0.29, 0.717) is 3.97 Å². The Hall–Kier alpha value is -1.96. The minimum atomic E-state index is -4.04. The number of imidazole rings is 1. The van der Waals surface area contributed by atoms with E-state index in [2.05, 4.69) is 9.72 Å². The average Bonchev–Trinajstić information content (AvgIpc) is 2.76. The van der Waals surface area contributed by atoms with E-state index in [9.17, 15) is 17.2 Å². The molecule has 0 atom stereocenters. The molecule has 0 saturated carbocycles. The minimum Gasteiger partial charge on any atom is -0.433 e. The van der Waals surface area contributed by atoms with Crippen molar-refractivity contribution < 1.29 is 21.9 Å². The lowest BCUT2D eigenvalue weighted by molar-refractivity contribution is -0.0497. The molecule has 0 fully saturated rings. The minimum absolute atomic E-state index is 0.0120. The first-order valence-corrected chi connectivity index (χ1v) is 7.46. The highest BCUT2D eigenvalue weighted by Gasteiger charge is 2.25. The van der Waals surface area contributed by atoms with Crippen LogP contribution in [0.15, 0.2) is 12.1 Å². The molecule has 0 spiro atoms. The van der Waals surface area contributed by atoms with Crippen LogP contribution >= 0.6 is 11.6 Å². The average molecular weight is 351 g/mol. The molecule has 0 radical (unpaired) electrons. The number of halogens is 3. The van der Waals surface area contributed by atoms with Crippen molar-refractivity contribution in [1.82, 2.24) is 13.3 Å². The maximum absolute atomic E-state index is 12.3. The van der Waals surface area contributed by atoms with Crippen LogP contribution in [0.4, 0.5) is 8.78 Å². The summed E-state index contributed by atoms with van der Waals surface area (Å²) in [5, 5.41) is 8.82. The first-order chi connectivity index (χ1) is 10.2. The second-order valence-corrected chi connectivity index (χ2v) is 6.65. The molecular formula is C11H9ClF2N4O3S. The van der Waals surface area contributed by atoms with Crippen LogP contribution in [0.1, 0.15) is 5.82 Å². The van der Waals surface area contributed by atoms with Gasteiger partial charge < -0.3 is 4.74 Å². The number of hydrogen-bond donors (Lipinski definition) is 0. The molecule has 0 bridgehead atoms. The van der Waals surface area contributed by atoms with Gasteiger partial charge in [0.15, 0.2) is 0 Å². The number of nitriles is 1. The van der Waals surface area contributed by atoms with E-state index in [4.69, 9.17) is 16.9 Å². The van der Waals surface area contributed by atoms with Crippen LogP contribution in [0.5, 0.6) is 5.75 Å². The van der Waals surface area contributed by atoms with Crippen molar-refractivity contribution in [3.05, 3.63) is 23.0 Å². The van der Waals surface area contributed by atoms with E-state index in [0.717, 1.165) is 16.4 Å². The second kappa shape index (κ2) is 5.68. The Labute approximate surface area is 129 Å². The summed E-state index contributed by atoms with van der Waals surface area (Å²) >= 11 is 5.81. The molecule has 0 aliphatic heterocycles. The third-order valence-electron chi connectivity index (χ3n) is 2.67. The van der Waals surface area contributed by atoms with E-state index in [1.165, 1.54) is 14.1 Å². The van der Waals surface area contributed by atoms with Crippen molar-refractivity contribution in [3.8, 4) is 11.8 Å². The molecule has 1 aromatic heterocycles. The quantitative estimate of drug-likeness (QED) is 0.839. The molecule has 2 rings (SSSR count). The van der Waals surface area contributed by atoms with Gasteiger partial charge in [-0.05, 0) is 6.07 Å². The molecule has 0 unspecified atom stereocenters. The van der Waals surface area contributed by atoms with Crippen LogP contribution in [0.25, 0.3) is 11.0 Å². The Kier molecular flexibility index (Phi) is 4.23. The van der Waals surface area contributed by atoms with Gasteiger partial charge in [-0.25, -0.2) is 4.98 Å².